The lowest BCUT2D eigenvalue weighted by molar-refractivity contribution is 0.311. The van der Waals surface area contributed by atoms with Crippen LogP contribution in [-0.4, -0.2) is 33.3 Å². The number of ether oxygens (including phenoxy) is 2. The van der Waals surface area contributed by atoms with E-state index in [2.05, 4.69) is 40.1 Å². The van der Waals surface area contributed by atoms with E-state index in [-0.39, 0.29) is 24.0 Å². The van der Waals surface area contributed by atoms with Crippen molar-refractivity contribution in [2.75, 3.05) is 32.6 Å². The molecule has 0 amide bonds. The largest absolute Gasteiger partial charge is 0.493 e. The molecule has 144 valence electrons. The smallest absolute Gasteiger partial charge is 0.195 e. The van der Waals surface area contributed by atoms with Crippen LogP contribution < -0.4 is 20.1 Å². The van der Waals surface area contributed by atoms with Crippen LogP contribution in [0.25, 0.3) is 0 Å². The fourth-order valence-electron chi connectivity index (χ4n) is 2.45. The fraction of sp³-hybridized carbons (Fsp3) is 0.421. The number of guanidine groups is 1. The molecule has 0 bridgehead atoms. The lowest BCUT2D eigenvalue weighted by Crippen LogP contribution is -2.34. The van der Waals surface area contributed by atoms with Crippen LogP contribution in [0.5, 0.6) is 11.5 Å². The predicted molar refractivity (Wildman–Crippen MR) is 122 cm³/mol. The minimum absolute atomic E-state index is 0. The van der Waals surface area contributed by atoms with Gasteiger partial charge in [0.05, 0.1) is 13.7 Å². The van der Waals surface area contributed by atoms with Gasteiger partial charge >= 0.3 is 0 Å². The second-order valence-electron chi connectivity index (χ2n) is 5.77. The average Bonchev–Trinajstić information content (AvgIpc) is 3.12. The van der Waals surface area contributed by atoms with Crippen LogP contribution in [0, 0.1) is 5.92 Å². The summed E-state index contributed by atoms with van der Waals surface area (Å²) in [5.74, 6) is 2.70. The summed E-state index contributed by atoms with van der Waals surface area (Å²) in [6.07, 6.45) is 1.07. The molecule has 0 aliphatic carbocycles. The van der Waals surface area contributed by atoms with Gasteiger partial charge in [-0.3, -0.25) is 4.99 Å². The molecule has 2 aromatic rings. The zero-order chi connectivity index (χ0) is 18.1. The molecule has 0 radical (unpaired) electrons. The molecule has 0 spiro atoms. The molecule has 0 saturated heterocycles. The first kappa shape index (κ1) is 22.6. The van der Waals surface area contributed by atoms with Crippen molar-refractivity contribution in [3.63, 3.8) is 0 Å². The van der Waals surface area contributed by atoms with E-state index in [9.17, 15) is 0 Å². The highest BCUT2D eigenvalue weighted by Crippen LogP contribution is 2.30. The number of benzene rings is 1. The Morgan fingerprint density at radius 1 is 1.27 bits per heavy atom. The lowest BCUT2D eigenvalue weighted by Gasteiger charge is -2.17. The Kier molecular flexibility index (Phi) is 10.4. The number of halogens is 1. The molecule has 0 fully saturated rings. The highest BCUT2D eigenvalue weighted by Gasteiger charge is 2.09. The van der Waals surface area contributed by atoms with E-state index in [0.717, 1.165) is 36.1 Å². The Bertz CT molecular complexity index is 677. The summed E-state index contributed by atoms with van der Waals surface area (Å²) < 4.78 is 10.9. The SMILES string of the molecule is CCOc1cc(NC(=NC)NCC(C)Cc2cccs2)ccc1OC.I. The Labute approximate surface area is 177 Å². The van der Waals surface area contributed by atoms with Crippen molar-refractivity contribution in [3.8, 4) is 11.5 Å². The van der Waals surface area contributed by atoms with Gasteiger partial charge in [0.1, 0.15) is 0 Å². The van der Waals surface area contributed by atoms with E-state index in [1.165, 1.54) is 4.88 Å². The third kappa shape index (κ3) is 7.03. The van der Waals surface area contributed by atoms with Gasteiger partial charge < -0.3 is 20.1 Å². The maximum absolute atomic E-state index is 5.62. The number of hydrogen-bond donors (Lipinski definition) is 2. The Morgan fingerprint density at radius 2 is 2.08 bits per heavy atom. The molecule has 0 saturated carbocycles. The van der Waals surface area contributed by atoms with E-state index in [0.29, 0.717) is 12.5 Å². The summed E-state index contributed by atoms with van der Waals surface area (Å²) in [4.78, 5) is 5.71. The number of rotatable bonds is 8. The highest BCUT2D eigenvalue weighted by atomic mass is 127. The average molecular weight is 489 g/mol. The van der Waals surface area contributed by atoms with Crippen LogP contribution in [0.4, 0.5) is 5.69 Å². The van der Waals surface area contributed by atoms with Gasteiger partial charge in [0.2, 0.25) is 0 Å². The van der Waals surface area contributed by atoms with Crippen LogP contribution in [0.1, 0.15) is 18.7 Å². The fourth-order valence-corrected chi connectivity index (χ4v) is 3.32. The molecule has 1 aromatic carbocycles. The summed E-state index contributed by atoms with van der Waals surface area (Å²) in [7, 11) is 3.41. The van der Waals surface area contributed by atoms with Crippen molar-refractivity contribution in [2.45, 2.75) is 20.3 Å². The zero-order valence-corrected chi connectivity index (χ0v) is 18.9. The zero-order valence-electron chi connectivity index (χ0n) is 15.7. The van der Waals surface area contributed by atoms with E-state index < -0.39 is 0 Å². The number of thiophene rings is 1. The molecule has 26 heavy (non-hydrogen) atoms. The third-order valence-corrected chi connectivity index (χ3v) is 4.60. The topological polar surface area (TPSA) is 54.9 Å². The first-order chi connectivity index (χ1) is 12.2. The van der Waals surface area contributed by atoms with Gasteiger partial charge in [0.15, 0.2) is 17.5 Å². The quantitative estimate of drug-likeness (QED) is 0.322. The van der Waals surface area contributed by atoms with Crippen molar-refractivity contribution in [2.24, 2.45) is 10.9 Å². The molecular formula is C19H28IN3O2S. The summed E-state index contributed by atoms with van der Waals surface area (Å²) in [6, 6.07) is 10.0. The number of aliphatic imine (C=N–C) groups is 1. The molecular weight excluding hydrogens is 461 g/mol. The number of nitrogens with one attached hydrogen (secondary N) is 2. The van der Waals surface area contributed by atoms with Crippen molar-refractivity contribution >= 4 is 47.0 Å². The van der Waals surface area contributed by atoms with Crippen LogP contribution in [0.3, 0.4) is 0 Å². The minimum atomic E-state index is 0. The number of nitrogens with zero attached hydrogens (tertiary/aromatic N) is 1. The second kappa shape index (κ2) is 12.0. The van der Waals surface area contributed by atoms with Gasteiger partial charge in [-0.2, -0.15) is 0 Å². The van der Waals surface area contributed by atoms with Crippen LogP contribution in [0.15, 0.2) is 40.7 Å². The molecule has 0 aliphatic rings. The van der Waals surface area contributed by atoms with E-state index in [1.807, 2.05) is 25.1 Å². The molecule has 1 heterocycles. The molecule has 7 heteroatoms. The molecule has 2 rings (SSSR count). The first-order valence-electron chi connectivity index (χ1n) is 8.47. The van der Waals surface area contributed by atoms with Crippen molar-refractivity contribution in [1.29, 1.82) is 0 Å². The monoisotopic (exact) mass is 489 g/mol. The Hall–Kier alpha value is -1.48. The normalized spacial score (nSPS) is 12.1. The molecule has 1 aromatic heterocycles. The summed E-state index contributed by atoms with van der Waals surface area (Å²) in [5.41, 5.74) is 0.906. The standard InChI is InChI=1S/C19H27N3O2S.HI/c1-5-24-18-12-15(8-9-17(18)23-4)22-19(20-3)21-13-14(2)11-16-7-6-10-25-16;/h6-10,12,14H,5,11,13H2,1-4H3,(H2,20,21,22);1H. The molecule has 2 N–H and O–H groups in total. The maximum Gasteiger partial charge on any atom is 0.195 e. The van der Waals surface area contributed by atoms with Gasteiger partial charge in [-0.25, -0.2) is 0 Å². The molecule has 5 nitrogen and oxygen atoms in total. The van der Waals surface area contributed by atoms with Crippen LogP contribution in [0.2, 0.25) is 0 Å². The van der Waals surface area contributed by atoms with Gasteiger partial charge in [0, 0.05) is 30.2 Å². The number of anilines is 1. The molecule has 1 unspecified atom stereocenters. The van der Waals surface area contributed by atoms with E-state index in [1.54, 1.807) is 25.5 Å². The van der Waals surface area contributed by atoms with Crippen molar-refractivity contribution in [3.05, 3.63) is 40.6 Å². The van der Waals surface area contributed by atoms with Gasteiger partial charge in [0.25, 0.3) is 0 Å². The number of methoxy groups -OCH3 is 1. The van der Waals surface area contributed by atoms with Gasteiger partial charge in [-0.05, 0) is 42.8 Å². The van der Waals surface area contributed by atoms with E-state index >= 15 is 0 Å². The molecule has 0 aliphatic heterocycles. The van der Waals surface area contributed by atoms with Gasteiger partial charge in [-0.15, -0.1) is 35.3 Å². The van der Waals surface area contributed by atoms with E-state index in [4.69, 9.17) is 9.47 Å². The van der Waals surface area contributed by atoms with Crippen molar-refractivity contribution < 1.29 is 9.47 Å². The lowest BCUT2D eigenvalue weighted by atomic mass is 10.1. The minimum Gasteiger partial charge on any atom is -0.493 e. The second-order valence-corrected chi connectivity index (χ2v) is 6.80. The van der Waals surface area contributed by atoms with Crippen LogP contribution >= 0.6 is 35.3 Å². The Morgan fingerprint density at radius 3 is 2.69 bits per heavy atom. The summed E-state index contributed by atoms with van der Waals surface area (Å²) >= 11 is 1.80. The first-order valence-corrected chi connectivity index (χ1v) is 9.35. The summed E-state index contributed by atoms with van der Waals surface area (Å²) in [6.45, 7) is 5.63. The van der Waals surface area contributed by atoms with Gasteiger partial charge in [-0.1, -0.05) is 13.0 Å². The molecule has 1 atom stereocenters. The maximum atomic E-state index is 5.62. The Balaban J connectivity index is 0.00000338. The van der Waals surface area contributed by atoms with Crippen molar-refractivity contribution in [1.82, 2.24) is 5.32 Å². The predicted octanol–water partition coefficient (Wildman–Crippen LogP) is 4.64. The highest BCUT2D eigenvalue weighted by molar-refractivity contribution is 14.0. The summed E-state index contributed by atoms with van der Waals surface area (Å²) in [5, 5.41) is 8.80. The van der Waals surface area contributed by atoms with Crippen LogP contribution in [-0.2, 0) is 6.42 Å². The third-order valence-electron chi connectivity index (χ3n) is 3.70. The number of hydrogen-bond acceptors (Lipinski definition) is 4.